The lowest BCUT2D eigenvalue weighted by molar-refractivity contribution is -0.382. The van der Waals surface area contributed by atoms with Gasteiger partial charge in [0.15, 0.2) is 0 Å². The fraction of sp³-hybridized carbons (Fsp3) is 0.857. The minimum atomic E-state index is -1.42. The first kappa shape index (κ1) is 16.2. The van der Waals surface area contributed by atoms with Crippen molar-refractivity contribution in [1.82, 2.24) is 5.32 Å². The topological polar surface area (TPSA) is 83.1 Å². The summed E-state index contributed by atoms with van der Waals surface area (Å²) in [5.41, 5.74) is -0.592. The molecule has 7 heteroatoms. The van der Waals surface area contributed by atoms with Crippen molar-refractivity contribution in [3.63, 3.8) is 0 Å². The number of rotatable bonds is 4. The molecule has 1 amide bonds. The first-order valence-electron chi connectivity index (χ1n) is 7.14. The third-order valence-electron chi connectivity index (χ3n) is 4.44. The molecule has 5 atom stereocenters. The van der Waals surface area contributed by atoms with Crippen molar-refractivity contribution in [3.8, 4) is 0 Å². The molecule has 0 saturated carbocycles. The van der Waals surface area contributed by atoms with Crippen molar-refractivity contribution in [2.75, 3.05) is 13.7 Å². The van der Waals surface area contributed by atoms with E-state index in [0.29, 0.717) is 13.0 Å². The van der Waals surface area contributed by atoms with Crippen LogP contribution in [0.3, 0.4) is 0 Å². The van der Waals surface area contributed by atoms with E-state index in [1.807, 2.05) is 13.8 Å². The van der Waals surface area contributed by atoms with Crippen LogP contribution in [0.5, 0.6) is 0 Å². The molecule has 21 heavy (non-hydrogen) atoms. The number of amides is 1. The molecule has 2 bridgehead atoms. The Morgan fingerprint density at radius 1 is 1.38 bits per heavy atom. The van der Waals surface area contributed by atoms with Gasteiger partial charge in [0.2, 0.25) is 5.91 Å². The zero-order chi connectivity index (χ0) is 15.8. The molecule has 0 aromatic rings. The monoisotopic (exact) mass is 301 g/mol. The van der Waals surface area contributed by atoms with E-state index in [9.17, 15) is 9.59 Å². The van der Waals surface area contributed by atoms with Gasteiger partial charge in [-0.3, -0.25) is 9.59 Å². The van der Waals surface area contributed by atoms with E-state index in [0.717, 1.165) is 0 Å². The van der Waals surface area contributed by atoms with Gasteiger partial charge < -0.3 is 24.3 Å². The van der Waals surface area contributed by atoms with E-state index in [-0.39, 0.29) is 11.8 Å². The number of nitrogens with one attached hydrogen (secondary N) is 1. The minimum absolute atomic E-state index is 0.144. The van der Waals surface area contributed by atoms with E-state index in [1.54, 1.807) is 0 Å². The second-order valence-corrected chi connectivity index (χ2v) is 5.66. The Labute approximate surface area is 124 Å². The summed E-state index contributed by atoms with van der Waals surface area (Å²) in [6, 6.07) is -0.721. The van der Waals surface area contributed by atoms with E-state index in [4.69, 9.17) is 18.9 Å². The standard InChI is InChI=1S/C14H23NO6/c1-6-13-7-19-14(18-5,21-13)12(15-9(3)16)11(8(13)2)20-10(4)17/h8,11-12H,6-7H2,1-5H3,(H,15,16)/t8-,11+,12-,13+,14-/m1/s1. The van der Waals surface area contributed by atoms with Gasteiger partial charge in [0, 0.05) is 26.9 Å². The van der Waals surface area contributed by atoms with Crippen LogP contribution in [0.2, 0.25) is 0 Å². The predicted octanol–water partition coefficient (Wildman–Crippen LogP) is 0.568. The Kier molecular flexibility index (Phi) is 4.28. The van der Waals surface area contributed by atoms with E-state index < -0.39 is 29.7 Å². The first-order valence-corrected chi connectivity index (χ1v) is 7.14. The highest BCUT2D eigenvalue weighted by Crippen LogP contribution is 2.49. The predicted molar refractivity (Wildman–Crippen MR) is 72.1 cm³/mol. The lowest BCUT2D eigenvalue weighted by Gasteiger charge is -2.49. The maximum Gasteiger partial charge on any atom is 0.308 e. The molecule has 0 unspecified atom stereocenters. The average molecular weight is 301 g/mol. The molecule has 7 nitrogen and oxygen atoms in total. The number of carbonyl (C=O) groups excluding carboxylic acids is 2. The van der Waals surface area contributed by atoms with Crippen LogP contribution in [0.25, 0.3) is 0 Å². The number of esters is 1. The van der Waals surface area contributed by atoms with E-state index in [2.05, 4.69) is 5.32 Å². The third-order valence-corrected chi connectivity index (χ3v) is 4.44. The molecule has 0 spiro atoms. The lowest BCUT2D eigenvalue weighted by Crippen LogP contribution is -2.68. The van der Waals surface area contributed by atoms with Gasteiger partial charge in [0.1, 0.15) is 17.7 Å². The van der Waals surface area contributed by atoms with Crippen LogP contribution in [0.4, 0.5) is 0 Å². The summed E-state index contributed by atoms with van der Waals surface area (Å²) in [6.45, 7) is 6.96. The Bertz CT molecular complexity index is 441. The summed E-state index contributed by atoms with van der Waals surface area (Å²) in [7, 11) is 1.45. The molecule has 2 fully saturated rings. The summed E-state index contributed by atoms with van der Waals surface area (Å²) in [6.07, 6.45) is 0.103. The number of methoxy groups -OCH3 is 1. The van der Waals surface area contributed by atoms with Gasteiger partial charge >= 0.3 is 11.9 Å². The van der Waals surface area contributed by atoms with Gasteiger partial charge in [0.05, 0.1) is 6.61 Å². The highest BCUT2D eigenvalue weighted by atomic mass is 16.9. The quantitative estimate of drug-likeness (QED) is 0.764. The highest BCUT2D eigenvalue weighted by molar-refractivity contribution is 5.73. The van der Waals surface area contributed by atoms with Crippen LogP contribution in [0, 0.1) is 5.92 Å². The van der Waals surface area contributed by atoms with Crippen molar-refractivity contribution in [2.45, 2.75) is 57.8 Å². The number of carbonyl (C=O) groups is 2. The molecule has 2 rings (SSSR count). The molecular formula is C14H23NO6. The second kappa shape index (κ2) is 5.55. The average Bonchev–Trinajstić information content (AvgIpc) is 2.79. The fourth-order valence-electron chi connectivity index (χ4n) is 3.21. The number of ether oxygens (including phenoxy) is 4. The molecule has 2 aliphatic heterocycles. The molecule has 120 valence electrons. The molecule has 2 aliphatic rings. The summed E-state index contributed by atoms with van der Waals surface area (Å²) < 4.78 is 22.7. The second-order valence-electron chi connectivity index (χ2n) is 5.66. The largest absolute Gasteiger partial charge is 0.460 e. The van der Waals surface area contributed by atoms with Gasteiger partial charge in [-0.2, -0.15) is 0 Å². The van der Waals surface area contributed by atoms with E-state index in [1.165, 1.54) is 21.0 Å². The number of hydrogen-bond acceptors (Lipinski definition) is 6. The van der Waals surface area contributed by atoms with Crippen molar-refractivity contribution in [3.05, 3.63) is 0 Å². The van der Waals surface area contributed by atoms with Crippen molar-refractivity contribution >= 4 is 11.9 Å². The minimum Gasteiger partial charge on any atom is -0.460 e. The molecule has 1 N–H and O–H groups in total. The van der Waals surface area contributed by atoms with Gasteiger partial charge in [-0.1, -0.05) is 13.8 Å². The Morgan fingerprint density at radius 2 is 2.05 bits per heavy atom. The highest BCUT2D eigenvalue weighted by Gasteiger charge is 2.67. The molecular weight excluding hydrogens is 278 g/mol. The summed E-state index contributed by atoms with van der Waals surface area (Å²) in [5.74, 6) is -2.26. The maximum absolute atomic E-state index is 11.5. The lowest BCUT2D eigenvalue weighted by atomic mass is 9.78. The zero-order valence-electron chi connectivity index (χ0n) is 13.1. The number of hydrogen-bond donors (Lipinski definition) is 1. The van der Waals surface area contributed by atoms with Crippen LogP contribution in [0.1, 0.15) is 34.1 Å². The Balaban J connectivity index is 2.42. The SMILES string of the molecule is CC[C@@]12CO[C@@](OC)(O1)[C@H](NC(C)=O)[C@@H](OC(C)=O)[C@H]2C. The van der Waals surface area contributed by atoms with Crippen molar-refractivity contribution in [1.29, 1.82) is 0 Å². The Morgan fingerprint density at radius 3 is 2.52 bits per heavy atom. The van der Waals surface area contributed by atoms with Crippen molar-refractivity contribution < 1.29 is 28.5 Å². The molecule has 0 radical (unpaired) electrons. The number of fused-ring (bicyclic) bond motifs is 2. The van der Waals surface area contributed by atoms with Gasteiger partial charge in [-0.05, 0) is 6.42 Å². The van der Waals surface area contributed by atoms with Crippen LogP contribution >= 0.6 is 0 Å². The van der Waals surface area contributed by atoms with Gasteiger partial charge in [-0.15, -0.1) is 0 Å². The summed E-state index contributed by atoms with van der Waals surface area (Å²) in [4.78, 5) is 23.0. The summed E-state index contributed by atoms with van der Waals surface area (Å²) in [5, 5.41) is 2.74. The van der Waals surface area contributed by atoms with Crippen LogP contribution in [0.15, 0.2) is 0 Å². The Hall–Kier alpha value is -1.18. The normalized spacial score (nSPS) is 41.7. The van der Waals surface area contributed by atoms with Crippen LogP contribution in [-0.4, -0.2) is 49.3 Å². The van der Waals surface area contributed by atoms with Gasteiger partial charge in [0.25, 0.3) is 0 Å². The maximum atomic E-state index is 11.5. The van der Waals surface area contributed by atoms with Crippen LogP contribution in [-0.2, 0) is 28.5 Å². The molecule has 0 aromatic heterocycles. The van der Waals surface area contributed by atoms with Crippen LogP contribution < -0.4 is 5.32 Å². The molecule has 0 aliphatic carbocycles. The van der Waals surface area contributed by atoms with E-state index >= 15 is 0 Å². The van der Waals surface area contributed by atoms with Crippen molar-refractivity contribution in [2.24, 2.45) is 5.92 Å². The third kappa shape index (κ3) is 2.54. The molecule has 2 saturated heterocycles. The molecule has 2 heterocycles. The zero-order valence-corrected chi connectivity index (χ0v) is 13.1. The molecule has 0 aromatic carbocycles. The van der Waals surface area contributed by atoms with Gasteiger partial charge in [-0.25, -0.2) is 0 Å². The smallest absolute Gasteiger partial charge is 0.308 e. The first-order chi connectivity index (χ1) is 9.80. The fourth-order valence-corrected chi connectivity index (χ4v) is 3.21. The summed E-state index contributed by atoms with van der Waals surface area (Å²) >= 11 is 0.